The topological polar surface area (TPSA) is 147 Å². The van der Waals surface area contributed by atoms with E-state index < -0.39 is 26.9 Å². The lowest BCUT2D eigenvalue weighted by molar-refractivity contribution is -0.131. The molecule has 2 aliphatic rings. The number of fused-ring (bicyclic) bond motifs is 5. The van der Waals surface area contributed by atoms with Crippen molar-refractivity contribution in [2.45, 2.75) is 48.4 Å². The fourth-order valence-corrected chi connectivity index (χ4v) is 7.94. The number of nitrogens with one attached hydrogen (secondary N) is 2. The predicted molar refractivity (Wildman–Crippen MR) is 179 cm³/mol. The van der Waals surface area contributed by atoms with Gasteiger partial charge in [-0.2, -0.15) is 0 Å². The minimum absolute atomic E-state index is 0.0498. The van der Waals surface area contributed by atoms with Crippen LogP contribution in [0.1, 0.15) is 48.4 Å². The van der Waals surface area contributed by atoms with Crippen LogP contribution in [0, 0.1) is 5.82 Å². The number of amides is 3. The van der Waals surface area contributed by atoms with E-state index >= 15 is 0 Å². The van der Waals surface area contributed by atoms with E-state index in [1.165, 1.54) is 11.0 Å². The molecule has 13 heteroatoms. The average Bonchev–Trinajstić information content (AvgIpc) is 3.91. The molecule has 3 aromatic carbocycles. The molecule has 1 fully saturated rings. The van der Waals surface area contributed by atoms with Crippen molar-refractivity contribution in [3.05, 3.63) is 83.3 Å². The van der Waals surface area contributed by atoms with Gasteiger partial charge in [-0.05, 0) is 78.1 Å². The van der Waals surface area contributed by atoms with E-state index in [1.807, 2.05) is 13.0 Å². The largest absolute Gasteiger partial charge is 0.496 e. The number of carbonyl (C=O) groups is 2. The number of sulfone groups is 1. The number of methoxy groups -OCH3 is 1. The Hall–Kier alpha value is -4.91. The van der Waals surface area contributed by atoms with Crippen LogP contribution in [0.5, 0.6) is 5.75 Å². The fourth-order valence-electron chi connectivity index (χ4n) is 6.07. The maximum atomic E-state index is 14.8. The van der Waals surface area contributed by atoms with E-state index in [-0.39, 0.29) is 40.5 Å². The Bertz CT molecular complexity index is 2000. The van der Waals surface area contributed by atoms with Crippen LogP contribution in [0.25, 0.3) is 10.8 Å². The molecule has 1 aliphatic carbocycles. The van der Waals surface area contributed by atoms with Gasteiger partial charge in [0.25, 0.3) is 0 Å². The van der Waals surface area contributed by atoms with Crippen molar-refractivity contribution in [1.82, 2.24) is 14.8 Å². The van der Waals surface area contributed by atoms with Gasteiger partial charge in [-0.15, -0.1) is 0 Å². The molecule has 1 aliphatic heterocycles. The van der Waals surface area contributed by atoms with Crippen LogP contribution in [0.4, 0.5) is 26.4 Å². The number of benzene rings is 3. The minimum Gasteiger partial charge on any atom is -0.496 e. The first-order chi connectivity index (χ1) is 22.4. The molecule has 2 atom stereocenters. The summed E-state index contributed by atoms with van der Waals surface area (Å²) in [6, 6.07) is 13.7. The second-order valence-electron chi connectivity index (χ2n) is 12.3. The zero-order valence-corrected chi connectivity index (χ0v) is 27.4. The first-order valence-electron chi connectivity index (χ1n) is 15.3. The maximum Gasteiger partial charge on any atom is 0.321 e. The molecule has 4 N–H and O–H groups in total. The highest BCUT2D eigenvalue weighted by Gasteiger charge is 2.38. The summed E-state index contributed by atoms with van der Waals surface area (Å²) in [6.07, 6.45) is 2.22. The number of carbonyl (C=O) groups excluding carboxylic acids is 2. The van der Waals surface area contributed by atoms with E-state index in [0.29, 0.717) is 53.0 Å². The van der Waals surface area contributed by atoms with Gasteiger partial charge in [-0.1, -0.05) is 13.0 Å². The van der Waals surface area contributed by atoms with Gasteiger partial charge in [0.15, 0.2) is 9.84 Å². The number of nitrogens with zero attached hydrogens (tertiary/aromatic N) is 3. The normalized spacial score (nSPS) is 19.2. The molecule has 6 rings (SSSR count). The Morgan fingerprint density at radius 3 is 2.51 bits per heavy atom. The van der Waals surface area contributed by atoms with Crippen molar-refractivity contribution in [3.63, 3.8) is 0 Å². The van der Waals surface area contributed by atoms with E-state index in [4.69, 9.17) is 10.5 Å². The van der Waals surface area contributed by atoms with E-state index in [9.17, 15) is 22.4 Å². The Morgan fingerprint density at radius 2 is 1.79 bits per heavy atom. The molecule has 1 aromatic heterocycles. The van der Waals surface area contributed by atoms with Gasteiger partial charge in [-0.3, -0.25) is 4.79 Å². The van der Waals surface area contributed by atoms with Crippen LogP contribution in [-0.2, 0) is 21.2 Å². The van der Waals surface area contributed by atoms with Crippen LogP contribution in [-0.4, -0.2) is 68.1 Å². The van der Waals surface area contributed by atoms with Gasteiger partial charge in [0.05, 0.1) is 23.5 Å². The highest BCUT2D eigenvalue weighted by molar-refractivity contribution is 7.92. The van der Waals surface area contributed by atoms with Gasteiger partial charge in [0.1, 0.15) is 23.4 Å². The molecular formula is C34H37FN6O5S. The smallest absolute Gasteiger partial charge is 0.321 e. The van der Waals surface area contributed by atoms with Crippen molar-refractivity contribution in [2.24, 2.45) is 0 Å². The molecule has 47 heavy (non-hydrogen) atoms. The summed E-state index contributed by atoms with van der Waals surface area (Å²) < 4.78 is 47.4. The van der Waals surface area contributed by atoms with Crippen LogP contribution in [0.2, 0.25) is 0 Å². The third-order valence-corrected chi connectivity index (χ3v) is 11.2. The van der Waals surface area contributed by atoms with Crippen molar-refractivity contribution >= 4 is 49.7 Å². The molecule has 246 valence electrons. The van der Waals surface area contributed by atoms with E-state index in [0.717, 1.165) is 11.8 Å². The van der Waals surface area contributed by atoms with Crippen molar-refractivity contribution in [1.29, 1.82) is 0 Å². The lowest BCUT2D eigenvalue weighted by atomic mass is 9.94. The predicted octanol–water partition coefficient (Wildman–Crippen LogP) is 5.29. The van der Waals surface area contributed by atoms with Crippen LogP contribution in [0.3, 0.4) is 0 Å². The lowest BCUT2D eigenvalue weighted by Crippen LogP contribution is -2.35. The molecule has 3 amide bonds. The average molecular weight is 661 g/mol. The van der Waals surface area contributed by atoms with Crippen LogP contribution in [0.15, 0.2) is 65.7 Å². The zero-order valence-electron chi connectivity index (χ0n) is 26.6. The summed E-state index contributed by atoms with van der Waals surface area (Å²) in [7, 11) is 1.20. The Balaban J connectivity index is 1.48. The van der Waals surface area contributed by atoms with Crippen molar-refractivity contribution < 1.29 is 27.1 Å². The van der Waals surface area contributed by atoms with Gasteiger partial charge < -0.3 is 30.9 Å². The Labute approximate surface area is 272 Å². The molecule has 0 radical (unpaired) electrons. The molecule has 4 bridgehead atoms. The van der Waals surface area contributed by atoms with Gasteiger partial charge in [0, 0.05) is 55.2 Å². The molecule has 2 heterocycles. The van der Waals surface area contributed by atoms with Gasteiger partial charge >= 0.3 is 6.03 Å². The van der Waals surface area contributed by atoms with Crippen molar-refractivity contribution in [2.75, 3.05) is 44.1 Å². The third-order valence-electron chi connectivity index (χ3n) is 8.81. The second-order valence-corrected chi connectivity index (χ2v) is 14.5. The fraction of sp³-hybridized carbons (Fsp3) is 0.324. The number of halogens is 1. The number of hydrogen-bond donors (Lipinski definition) is 3. The summed E-state index contributed by atoms with van der Waals surface area (Å²) in [4.78, 5) is 34.7. The number of pyridine rings is 1. The minimum atomic E-state index is -3.63. The first kappa shape index (κ1) is 32.0. The molecular weight excluding hydrogens is 623 g/mol. The summed E-state index contributed by atoms with van der Waals surface area (Å²) in [5.41, 5.74) is 8.63. The third kappa shape index (κ3) is 6.27. The van der Waals surface area contributed by atoms with Gasteiger partial charge in [0.2, 0.25) is 5.91 Å². The number of nitrogens with two attached hydrogens (primary N) is 1. The van der Waals surface area contributed by atoms with E-state index in [2.05, 4.69) is 15.6 Å². The molecule has 11 nitrogen and oxygen atoms in total. The lowest BCUT2D eigenvalue weighted by Gasteiger charge is -2.28. The first-order valence-corrected chi connectivity index (χ1v) is 16.8. The van der Waals surface area contributed by atoms with Gasteiger partial charge in [-0.25, -0.2) is 22.6 Å². The molecule has 4 aromatic rings. The van der Waals surface area contributed by atoms with Crippen LogP contribution < -0.4 is 21.1 Å². The SMILES string of the molecule is COc1ccc2cc1[C@@H](C)CN(C)C(=O)Nc1ccc(S(=O)(=O)C3CC3)c(c1)CN(C)C(=O)[C@@H]2Nc1ccc2c(N)ncc(F)c2c1. The number of likely N-dealkylation sites (N-methyl/N-ethyl adjacent to an activating group) is 2. The number of anilines is 3. The maximum absolute atomic E-state index is 14.8. The number of nitrogen functional groups attached to an aromatic ring is 1. The second kappa shape index (κ2) is 12.4. The Morgan fingerprint density at radius 1 is 1.02 bits per heavy atom. The van der Waals surface area contributed by atoms with Crippen molar-refractivity contribution in [3.8, 4) is 5.75 Å². The number of urea groups is 1. The number of aromatic nitrogens is 1. The zero-order chi connectivity index (χ0) is 33.6. The summed E-state index contributed by atoms with van der Waals surface area (Å²) >= 11 is 0. The summed E-state index contributed by atoms with van der Waals surface area (Å²) in [6.45, 7) is 2.23. The highest BCUT2D eigenvalue weighted by atomic mass is 32.2. The molecule has 0 spiro atoms. The monoisotopic (exact) mass is 660 g/mol. The molecule has 1 saturated carbocycles. The standard InChI is InChI=1S/C34H37FN6O5S/c1-19-17-41(3)34(43)39-22-7-12-30(47(44,45)24-8-9-24)21(13-22)18-40(2)33(42)31(20-5-11-29(46-4)26(19)14-20)38-23-6-10-25-27(15-23)28(35)16-37-32(25)36/h5-7,10-16,19,24,31,38H,8-9,17-18H2,1-4H3,(H2,36,37)(H,39,43)/t19-,31+/m0/s1. The highest BCUT2D eigenvalue weighted by Crippen LogP contribution is 2.37. The number of hydrogen-bond acceptors (Lipinski definition) is 8. The van der Waals surface area contributed by atoms with E-state index in [1.54, 1.807) is 68.6 Å². The molecule has 0 saturated heterocycles. The molecule has 0 unspecified atom stereocenters. The number of ether oxygens (including phenoxy) is 1. The Kier molecular flexibility index (Phi) is 8.43. The summed E-state index contributed by atoms with van der Waals surface area (Å²) in [5.74, 6) is -0.341. The van der Waals surface area contributed by atoms with Crippen LogP contribution >= 0.6 is 0 Å². The number of rotatable bonds is 5. The summed E-state index contributed by atoms with van der Waals surface area (Å²) in [5, 5.41) is 6.39. The quantitative estimate of drug-likeness (QED) is 0.262.